The molecule has 1 rings (SSSR count). The van der Waals surface area contributed by atoms with Crippen LogP contribution in [0.25, 0.3) is 0 Å². The summed E-state index contributed by atoms with van der Waals surface area (Å²) in [5.74, 6) is 0.330. The molecule has 1 aromatic rings. The van der Waals surface area contributed by atoms with Crippen molar-refractivity contribution in [2.24, 2.45) is 0 Å². The second-order valence-corrected chi connectivity index (χ2v) is 2.82. The molecule has 2 heteroatoms. The van der Waals surface area contributed by atoms with Gasteiger partial charge in [0.05, 0.1) is 0 Å². The van der Waals surface area contributed by atoms with Gasteiger partial charge in [-0.2, -0.15) is 0 Å². The van der Waals surface area contributed by atoms with Crippen LogP contribution in [0.15, 0.2) is 36.4 Å². The van der Waals surface area contributed by atoms with Crippen molar-refractivity contribution in [1.29, 1.82) is 0 Å². The predicted octanol–water partition coefficient (Wildman–Crippen LogP) is 1.87. The smallest absolute Gasteiger partial charge is 0.119 e. The summed E-state index contributed by atoms with van der Waals surface area (Å²) >= 11 is 0. The molecule has 0 bridgehead atoms. The van der Waals surface area contributed by atoms with Gasteiger partial charge in [0.25, 0.3) is 0 Å². The van der Waals surface area contributed by atoms with Crippen LogP contribution in [-0.4, -0.2) is 16.8 Å². The minimum absolute atomic E-state index is 0.178. The number of aromatic hydroxyl groups is 1. The molecule has 0 atom stereocenters. The van der Waals surface area contributed by atoms with Crippen molar-refractivity contribution < 1.29 is 10.2 Å². The van der Waals surface area contributed by atoms with Gasteiger partial charge in [-0.1, -0.05) is 30.4 Å². The molecule has 0 saturated heterocycles. The number of allylic oxidation sites excluding steroid dienone is 1. The van der Waals surface area contributed by atoms with Crippen molar-refractivity contribution in [1.82, 2.24) is 0 Å². The van der Waals surface area contributed by atoms with Crippen LogP contribution < -0.4 is 0 Å². The Morgan fingerprint density at radius 2 is 1.92 bits per heavy atom. The Labute approximate surface area is 78.2 Å². The highest BCUT2D eigenvalue weighted by atomic mass is 16.3. The van der Waals surface area contributed by atoms with Crippen LogP contribution in [0.1, 0.15) is 12.0 Å². The number of hydrogen-bond acceptors (Lipinski definition) is 2. The van der Waals surface area contributed by atoms with E-state index in [1.54, 1.807) is 12.1 Å². The van der Waals surface area contributed by atoms with Crippen LogP contribution in [0.4, 0.5) is 0 Å². The first-order valence-electron chi connectivity index (χ1n) is 4.37. The number of phenols is 1. The van der Waals surface area contributed by atoms with Crippen molar-refractivity contribution in [3.8, 4) is 5.75 Å². The fourth-order valence-electron chi connectivity index (χ4n) is 1.09. The van der Waals surface area contributed by atoms with E-state index >= 15 is 0 Å². The first-order chi connectivity index (χ1) is 6.34. The lowest BCUT2D eigenvalue weighted by Gasteiger charge is -1.98. The third-order valence-electron chi connectivity index (χ3n) is 1.79. The molecule has 0 aliphatic rings. The Bertz CT molecular complexity index is 279. The highest BCUT2D eigenvalue weighted by Crippen LogP contribution is 2.16. The Kier molecular flexibility index (Phi) is 4.06. The van der Waals surface area contributed by atoms with E-state index in [-0.39, 0.29) is 6.61 Å². The van der Waals surface area contributed by atoms with Crippen LogP contribution in [-0.2, 0) is 6.42 Å². The van der Waals surface area contributed by atoms with Crippen LogP contribution in [0, 0.1) is 0 Å². The maximum atomic E-state index is 9.38. The largest absolute Gasteiger partial charge is 0.508 e. The fourth-order valence-corrected chi connectivity index (χ4v) is 1.09. The zero-order chi connectivity index (χ0) is 9.52. The number of rotatable bonds is 4. The molecule has 0 saturated carbocycles. The van der Waals surface area contributed by atoms with E-state index in [1.807, 2.05) is 24.3 Å². The minimum atomic E-state index is 0.178. The standard InChI is InChI=1S/C11H14O2/c12-9-5-1-2-6-10-7-3-4-8-11(10)13/h1-4,7-8,12-13H,5-6,9H2/b2-1-. The summed E-state index contributed by atoms with van der Waals surface area (Å²) < 4.78 is 0. The second-order valence-electron chi connectivity index (χ2n) is 2.82. The number of aliphatic hydroxyl groups excluding tert-OH is 1. The molecule has 1 aromatic carbocycles. The number of hydrogen-bond donors (Lipinski definition) is 2. The maximum absolute atomic E-state index is 9.38. The van der Waals surface area contributed by atoms with Crippen LogP contribution in [0.2, 0.25) is 0 Å². The third-order valence-corrected chi connectivity index (χ3v) is 1.79. The van der Waals surface area contributed by atoms with Gasteiger partial charge < -0.3 is 10.2 Å². The molecule has 0 amide bonds. The quantitative estimate of drug-likeness (QED) is 0.691. The Morgan fingerprint density at radius 3 is 2.62 bits per heavy atom. The van der Waals surface area contributed by atoms with E-state index in [2.05, 4.69) is 0 Å². The molecule has 0 unspecified atom stereocenters. The van der Waals surface area contributed by atoms with Gasteiger partial charge in [0.1, 0.15) is 5.75 Å². The molecular weight excluding hydrogens is 164 g/mol. The topological polar surface area (TPSA) is 40.5 Å². The highest BCUT2D eigenvalue weighted by Gasteiger charge is 1.94. The van der Waals surface area contributed by atoms with Crippen LogP contribution >= 0.6 is 0 Å². The van der Waals surface area contributed by atoms with E-state index in [1.165, 1.54) is 0 Å². The van der Waals surface area contributed by atoms with Crippen molar-refractivity contribution in [3.05, 3.63) is 42.0 Å². The third kappa shape index (κ3) is 3.30. The molecule has 0 fully saturated rings. The molecule has 0 spiro atoms. The van der Waals surface area contributed by atoms with Gasteiger partial charge in [0, 0.05) is 6.61 Å². The van der Waals surface area contributed by atoms with Gasteiger partial charge in [-0.05, 0) is 24.5 Å². The van der Waals surface area contributed by atoms with E-state index in [0.717, 1.165) is 5.56 Å². The normalized spacial score (nSPS) is 10.8. The Hall–Kier alpha value is -1.28. The number of benzene rings is 1. The summed E-state index contributed by atoms with van der Waals surface area (Å²) in [5, 5.41) is 17.9. The van der Waals surface area contributed by atoms with Gasteiger partial charge in [0.15, 0.2) is 0 Å². The zero-order valence-corrected chi connectivity index (χ0v) is 7.48. The minimum Gasteiger partial charge on any atom is -0.508 e. The van der Waals surface area contributed by atoms with Crippen molar-refractivity contribution in [2.75, 3.05) is 6.61 Å². The van der Waals surface area contributed by atoms with Gasteiger partial charge in [0.2, 0.25) is 0 Å². The van der Waals surface area contributed by atoms with Gasteiger partial charge >= 0.3 is 0 Å². The van der Waals surface area contributed by atoms with Gasteiger partial charge in [-0.15, -0.1) is 0 Å². The number of aliphatic hydroxyl groups is 1. The second kappa shape index (κ2) is 5.38. The monoisotopic (exact) mass is 178 g/mol. The summed E-state index contributed by atoms with van der Waals surface area (Å²) in [4.78, 5) is 0. The summed E-state index contributed by atoms with van der Waals surface area (Å²) in [6.45, 7) is 0.178. The Balaban J connectivity index is 2.49. The molecule has 0 heterocycles. The summed E-state index contributed by atoms with van der Waals surface area (Å²) in [5.41, 5.74) is 0.914. The fraction of sp³-hybridized carbons (Fsp3) is 0.273. The molecule has 70 valence electrons. The zero-order valence-electron chi connectivity index (χ0n) is 7.48. The van der Waals surface area contributed by atoms with E-state index in [9.17, 15) is 5.11 Å². The van der Waals surface area contributed by atoms with E-state index in [4.69, 9.17) is 5.11 Å². The lowest BCUT2D eigenvalue weighted by molar-refractivity contribution is 0.302. The van der Waals surface area contributed by atoms with E-state index in [0.29, 0.717) is 18.6 Å². The van der Waals surface area contributed by atoms with Crippen molar-refractivity contribution in [3.63, 3.8) is 0 Å². The summed E-state index contributed by atoms with van der Waals surface area (Å²) in [6, 6.07) is 7.26. The lowest BCUT2D eigenvalue weighted by Crippen LogP contribution is -1.82. The summed E-state index contributed by atoms with van der Waals surface area (Å²) in [6.07, 6.45) is 5.25. The van der Waals surface area contributed by atoms with Gasteiger partial charge in [-0.3, -0.25) is 0 Å². The highest BCUT2D eigenvalue weighted by molar-refractivity contribution is 5.33. The van der Waals surface area contributed by atoms with Crippen LogP contribution in [0.5, 0.6) is 5.75 Å². The molecule has 0 aromatic heterocycles. The Morgan fingerprint density at radius 1 is 1.15 bits per heavy atom. The molecule has 0 aliphatic heterocycles. The molecule has 2 N–H and O–H groups in total. The number of para-hydroxylation sites is 1. The maximum Gasteiger partial charge on any atom is 0.119 e. The lowest BCUT2D eigenvalue weighted by atomic mass is 10.1. The molecule has 0 aliphatic carbocycles. The first kappa shape index (κ1) is 9.81. The van der Waals surface area contributed by atoms with Crippen molar-refractivity contribution >= 4 is 0 Å². The average molecular weight is 178 g/mol. The van der Waals surface area contributed by atoms with E-state index < -0.39 is 0 Å². The average Bonchev–Trinajstić information content (AvgIpc) is 2.15. The summed E-state index contributed by atoms with van der Waals surface area (Å²) in [7, 11) is 0. The molecule has 0 radical (unpaired) electrons. The molecule has 13 heavy (non-hydrogen) atoms. The SMILES string of the molecule is OCC/C=C\Cc1ccccc1O. The number of phenolic OH excluding ortho intramolecular Hbond substituents is 1. The predicted molar refractivity (Wildman–Crippen MR) is 52.7 cm³/mol. The van der Waals surface area contributed by atoms with Crippen LogP contribution in [0.3, 0.4) is 0 Å². The molecular formula is C11H14O2. The first-order valence-corrected chi connectivity index (χ1v) is 4.37. The van der Waals surface area contributed by atoms with Crippen molar-refractivity contribution in [2.45, 2.75) is 12.8 Å². The molecule has 2 nitrogen and oxygen atoms in total. The van der Waals surface area contributed by atoms with Gasteiger partial charge in [-0.25, -0.2) is 0 Å².